The van der Waals surface area contributed by atoms with Crippen LogP contribution in [-0.2, 0) is 35.7 Å². The van der Waals surface area contributed by atoms with Crippen LogP contribution in [0.25, 0.3) is 0 Å². The van der Waals surface area contributed by atoms with Gasteiger partial charge in [-0.1, -0.05) is 0 Å². The van der Waals surface area contributed by atoms with Crippen molar-refractivity contribution in [2.45, 2.75) is 12.4 Å². The molecule has 12 heteroatoms. The maximum Gasteiger partial charge on any atom is 5.00 e. The van der Waals surface area contributed by atoms with E-state index >= 15 is 0 Å². The van der Waals surface area contributed by atoms with E-state index in [0.29, 0.717) is 0 Å². The number of hydrogen-bond acceptors (Lipinski definition) is 1. The molecule has 0 aromatic heterocycles. The molecular formula is C7HF6FeNO4+5. The summed E-state index contributed by atoms with van der Waals surface area (Å²) in [6.07, 6.45) is -11.2. The SMILES string of the molecule is N=C(C(F)(F)F)C(F)(F)F.[C-]#[O+].[C-]#[O+].[C-]#[O+].[C-]#[O+].[Fe+5]. The Labute approximate surface area is 113 Å². The number of halogens is 6. The molecule has 0 bridgehead atoms. The maximum absolute atomic E-state index is 11.0. The van der Waals surface area contributed by atoms with Crippen molar-refractivity contribution in [3.63, 3.8) is 0 Å². The Kier molecular flexibility index (Phi) is 41.7. The molecule has 0 saturated heterocycles. The molecule has 0 unspecified atom stereocenters. The van der Waals surface area contributed by atoms with E-state index in [-0.39, 0.29) is 17.1 Å². The molecule has 0 heterocycles. The minimum atomic E-state index is -5.60. The molecule has 0 atom stereocenters. The zero-order valence-electron chi connectivity index (χ0n) is 8.25. The summed E-state index contributed by atoms with van der Waals surface area (Å²) in [5.41, 5.74) is -3.18. The van der Waals surface area contributed by atoms with Gasteiger partial charge in [0.25, 0.3) is 0 Å². The van der Waals surface area contributed by atoms with Gasteiger partial charge in [-0.15, -0.1) is 0 Å². The third-order valence-corrected chi connectivity index (χ3v) is 0.567. The van der Waals surface area contributed by atoms with Gasteiger partial charge in [-0.05, 0) is 0 Å². The van der Waals surface area contributed by atoms with Gasteiger partial charge in [-0.25, -0.2) is 0 Å². The van der Waals surface area contributed by atoms with E-state index in [2.05, 4.69) is 26.6 Å². The van der Waals surface area contributed by atoms with E-state index in [1.54, 1.807) is 0 Å². The Morgan fingerprint density at radius 2 is 0.737 bits per heavy atom. The summed E-state index contributed by atoms with van der Waals surface area (Å²) >= 11 is 0. The first kappa shape index (κ1) is 36.1. The average Bonchev–Trinajstić information content (AvgIpc) is 2.36. The van der Waals surface area contributed by atoms with E-state index < -0.39 is 18.1 Å². The van der Waals surface area contributed by atoms with Crippen LogP contribution in [0.3, 0.4) is 0 Å². The van der Waals surface area contributed by atoms with Gasteiger partial charge in [0.1, 0.15) is 0 Å². The summed E-state index contributed by atoms with van der Waals surface area (Å²) in [6.45, 7) is 18.0. The van der Waals surface area contributed by atoms with Crippen molar-refractivity contribution in [1.29, 1.82) is 5.41 Å². The van der Waals surface area contributed by atoms with E-state index in [9.17, 15) is 26.3 Å². The van der Waals surface area contributed by atoms with Crippen molar-refractivity contribution in [2.75, 3.05) is 0 Å². The summed E-state index contributed by atoms with van der Waals surface area (Å²) in [6, 6.07) is 0. The monoisotopic (exact) mass is 333 g/mol. The van der Waals surface area contributed by atoms with Crippen LogP contribution in [0.2, 0.25) is 0 Å². The molecule has 0 spiro atoms. The van der Waals surface area contributed by atoms with Crippen LogP contribution in [0.15, 0.2) is 0 Å². The zero-order valence-corrected chi connectivity index (χ0v) is 9.36. The summed E-state index contributed by atoms with van der Waals surface area (Å²) in [7, 11) is 0. The molecule has 0 aromatic rings. The molecular weight excluding hydrogens is 332 g/mol. The Morgan fingerprint density at radius 3 is 0.737 bits per heavy atom. The van der Waals surface area contributed by atoms with Crippen LogP contribution >= 0.6 is 0 Å². The Balaban J connectivity index is -0.0000000401. The third kappa shape index (κ3) is 31.5. The van der Waals surface area contributed by atoms with Crippen LogP contribution in [0.5, 0.6) is 0 Å². The number of hydrogen-bond donors (Lipinski definition) is 1. The van der Waals surface area contributed by atoms with Crippen molar-refractivity contribution in [3.05, 3.63) is 26.6 Å². The van der Waals surface area contributed by atoms with Crippen LogP contribution in [0.1, 0.15) is 0 Å². The molecule has 0 rings (SSSR count). The van der Waals surface area contributed by atoms with Gasteiger partial charge in [-0.2, -0.15) is 26.3 Å². The van der Waals surface area contributed by atoms with Crippen LogP contribution in [-0.4, -0.2) is 18.1 Å². The fraction of sp³-hybridized carbons (Fsp3) is 0.286. The topological polar surface area (TPSA) is 103 Å². The molecule has 1 radical (unpaired) electrons. The van der Waals surface area contributed by atoms with Gasteiger partial charge in [0.15, 0.2) is 0 Å². The second-order valence-corrected chi connectivity index (χ2v) is 1.37. The van der Waals surface area contributed by atoms with Gasteiger partial charge in [0.2, 0.25) is 5.71 Å². The van der Waals surface area contributed by atoms with E-state index in [0.717, 1.165) is 0 Å². The maximum atomic E-state index is 11.0. The molecule has 0 aliphatic carbocycles. The molecule has 1 N–H and O–H groups in total. The summed E-state index contributed by atoms with van der Waals surface area (Å²) in [5.74, 6) is 0. The normalized spacial score (nSPS) is 7.47. The van der Waals surface area contributed by atoms with Gasteiger partial charge >= 0.3 is 74.6 Å². The number of nitrogens with one attached hydrogen (secondary N) is 1. The Hall–Kier alpha value is -1.27. The zero-order chi connectivity index (χ0) is 16.6. The largest absolute Gasteiger partial charge is 5.00 e. The first-order valence-electron chi connectivity index (χ1n) is 2.70. The molecule has 0 aromatic carbocycles. The molecule has 103 valence electrons. The quantitative estimate of drug-likeness (QED) is 0.230. The number of rotatable bonds is 0. The van der Waals surface area contributed by atoms with Crippen molar-refractivity contribution in [3.8, 4) is 0 Å². The summed E-state index contributed by atoms with van der Waals surface area (Å²) in [4.78, 5) is 0. The Morgan fingerprint density at radius 1 is 0.632 bits per heavy atom. The molecule has 0 amide bonds. The predicted octanol–water partition coefficient (Wildman–Crippen LogP) is 1.98. The fourth-order valence-corrected chi connectivity index (χ4v) is 0.161. The van der Waals surface area contributed by atoms with E-state index in [1.807, 2.05) is 0 Å². The van der Waals surface area contributed by atoms with E-state index in [1.165, 1.54) is 0 Å². The number of alkyl halides is 6. The predicted molar refractivity (Wildman–Crippen MR) is 35.6 cm³/mol. The first-order chi connectivity index (χ1) is 8.15. The van der Waals surface area contributed by atoms with Crippen molar-refractivity contribution >= 4 is 5.71 Å². The Bertz CT molecular complexity index is 250. The molecule has 0 saturated carbocycles. The van der Waals surface area contributed by atoms with Crippen molar-refractivity contribution in [1.82, 2.24) is 0 Å². The van der Waals surface area contributed by atoms with Crippen LogP contribution in [0, 0.1) is 32.0 Å². The van der Waals surface area contributed by atoms with Crippen molar-refractivity contribution < 1.29 is 62.0 Å². The molecule has 0 aliphatic heterocycles. The summed E-state index contributed by atoms with van der Waals surface area (Å²) < 4.78 is 96.0. The fourth-order valence-electron chi connectivity index (χ4n) is 0.161. The molecule has 19 heavy (non-hydrogen) atoms. The standard InChI is InChI=1S/C3HF6N.4CO.Fe/c4-2(5,6)1(10)3(7,8)9;4*1-2;/h10H;;;;;/q;;;;;+5. The first-order valence-corrected chi connectivity index (χ1v) is 2.70. The van der Waals surface area contributed by atoms with Crippen LogP contribution in [0.4, 0.5) is 26.3 Å². The molecule has 0 aliphatic rings. The van der Waals surface area contributed by atoms with Gasteiger partial charge < -0.3 is 0 Å². The van der Waals surface area contributed by atoms with Crippen LogP contribution < -0.4 is 0 Å². The second-order valence-electron chi connectivity index (χ2n) is 1.37. The average molecular weight is 333 g/mol. The minimum absolute atomic E-state index is 0. The molecule has 5 nitrogen and oxygen atoms in total. The van der Waals surface area contributed by atoms with E-state index in [4.69, 9.17) is 24.0 Å². The molecule has 0 fully saturated rings. The van der Waals surface area contributed by atoms with Gasteiger partial charge in [0.05, 0.1) is 0 Å². The minimum Gasteiger partial charge on any atom is 5.00 e. The van der Waals surface area contributed by atoms with Gasteiger partial charge in [-0.3, -0.25) is 5.41 Å². The third-order valence-electron chi connectivity index (χ3n) is 0.567. The van der Waals surface area contributed by atoms with Crippen molar-refractivity contribution in [2.24, 2.45) is 0 Å². The smallest absolute Gasteiger partial charge is 5.00 e. The summed E-state index contributed by atoms with van der Waals surface area (Å²) in [5, 5.41) is 5.54. The van der Waals surface area contributed by atoms with Gasteiger partial charge in [0, 0.05) is 0 Å². The second kappa shape index (κ2) is 22.0.